The van der Waals surface area contributed by atoms with E-state index < -0.39 is 16.8 Å². The molecule has 0 aliphatic carbocycles. The highest BCUT2D eigenvalue weighted by Crippen LogP contribution is 2.48. The second-order valence-electron chi connectivity index (χ2n) is 5.94. The van der Waals surface area contributed by atoms with Crippen LogP contribution in [0.2, 0.25) is 0 Å². The standard InChI is InChI=1S/C22H20O3S/c23-20(21(24)25)16-26-22(17-10-4-1-5-11-17,18-12-6-2-7-13-18)19-14-8-3-9-15-19/h1-15,20,23H,16H2,(H,24,25)/t20-/m1/s1. The summed E-state index contributed by atoms with van der Waals surface area (Å²) in [5.74, 6) is -1.13. The van der Waals surface area contributed by atoms with Crippen molar-refractivity contribution in [2.75, 3.05) is 5.75 Å². The summed E-state index contributed by atoms with van der Waals surface area (Å²) in [5, 5.41) is 19.0. The van der Waals surface area contributed by atoms with Crippen LogP contribution < -0.4 is 0 Å². The summed E-state index contributed by atoms with van der Waals surface area (Å²) in [7, 11) is 0. The Balaban J connectivity index is 2.19. The number of hydrogen-bond acceptors (Lipinski definition) is 3. The van der Waals surface area contributed by atoms with Crippen molar-refractivity contribution in [2.24, 2.45) is 0 Å². The Hall–Kier alpha value is -2.56. The van der Waals surface area contributed by atoms with E-state index in [1.54, 1.807) is 0 Å². The van der Waals surface area contributed by atoms with Gasteiger partial charge in [0, 0.05) is 5.75 Å². The highest BCUT2D eigenvalue weighted by molar-refractivity contribution is 8.00. The molecule has 0 saturated heterocycles. The van der Waals surface area contributed by atoms with Gasteiger partial charge in [0.15, 0.2) is 6.10 Å². The topological polar surface area (TPSA) is 57.5 Å². The van der Waals surface area contributed by atoms with E-state index >= 15 is 0 Å². The SMILES string of the molecule is O=C(O)[C@H](O)CSC(c1ccccc1)(c1ccccc1)c1ccccc1. The van der Waals surface area contributed by atoms with Gasteiger partial charge in [0.1, 0.15) is 0 Å². The number of carbonyl (C=O) groups is 1. The van der Waals surface area contributed by atoms with E-state index in [1.165, 1.54) is 11.8 Å². The van der Waals surface area contributed by atoms with Crippen LogP contribution in [0.1, 0.15) is 16.7 Å². The third kappa shape index (κ3) is 3.66. The Bertz CT molecular complexity index is 738. The smallest absolute Gasteiger partial charge is 0.333 e. The van der Waals surface area contributed by atoms with Gasteiger partial charge in [-0.05, 0) is 16.7 Å². The summed E-state index contributed by atoms with van der Waals surface area (Å²) in [6, 6.07) is 30.0. The number of aliphatic carboxylic acids is 1. The minimum Gasteiger partial charge on any atom is -0.479 e. The Morgan fingerprint density at radius 1 is 0.769 bits per heavy atom. The van der Waals surface area contributed by atoms with E-state index in [-0.39, 0.29) is 5.75 Å². The highest BCUT2D eigenvalue weighted by Gasteiger charge is 2.37. The van der Waals surface area contributed by atoms with Gasteiger partial charge in [-0.1, -0.05) is 91.0 Å². The van der Waals surface area contributed by atoms with Crippen LogP contribution in [0.5, 0.6) is 0 Å². The minimum absolute atomic E-state index is 0.0774. The predicted octanol–water partition coefficient (Wildman–Crippen LogP) is 4.16. The van der Waals surface area contributed by atoms with Gasteiger partial charge in [-0.2, -0.15) is 0 Å². The number of aliphatic hydroxyl groups is 1. The van der Waals surface area contributed by atoms with Crippen LogP contribution in [0.25, 0.3) is 0 Å². The maximum Gasteiger partial charge on any atom is 0.333 e. The van der Waals surface area contributed by atoms with E-state index in [4.69, 9.17) is 5.11 Å². The molecule has 0 saturated carbocycles. The summed E-state index contributed by atoms with van der Waals surface area (Å²) in [4.78, 5) is 11.2. The summed E-state index contributed by atoms with van der Waals surface area (Å²) in [6.45, 7) is 0. The lowest BCUT2D eigenvalue weighted by Crippen LogP contribution is -2.30. The number of carboxylic acid groups (broad SMARTS) is 1. The first-order chi connectivity index (χ1) is 12.6. The monoisotopic (exact) mass is 364 g/mol. The van der Waals surface area contributed by atoms with Gasteiger partial charge in [-0.25, -0.2) is 4.79 Å². The molecule has 0 unspecified atom stereocenters. The second kappa shape index (κ2) is 8.21. The molecule has 1 atom stereocenters. The molecule has 3 rings (SSSR count). The number of rotatable bonds is 7. The van der Waals surface area contributed by atoms with Crippen LogP contribution in [0.15, 0.2) is 91.0 Å². The lowest BCUT2D eigenvalue weighted by Gasteiger charge is -2.35. The average Bonchev–Trinajstić information content (AvgIpc) is 2.70. The maximum atomic E-state index is 11.2. The van der Waals surface area contributed by atoms with Crippen molar-refractivity contribution >= 4 is 17.7 Å². The lowest BCUT2D eigenvalue weighted by molar-refractivity contribution is -0.145. The average molecular weight is 364 g/mol. The molecular formula is C22H20O3S. The fourth-order valence-corrected chi connectivity index (χ4v) is 4.50. The largest absolute Gasteiger partial charge is 0.479 e. The second-order valence-corrected chi connectivity index (χ2v) is 7.18. The van der Waals surface area contributed by atoms with E-state index in [1.807, 2.05) is 91.0 Å². The molecule has 0 aliphatic heterocycles. The fourth-order valence-electron chi connectivity index (χ4n) is 3.04. The molecule has 0 aromatic heterocycles. The Labute approximate surface area is 157 Å². The molecule has 26 heavy (non-hydrogen) atoms. The van der Waals surface area contributed by atoms with E-state index in [0.717, 1.165) is 16.7 Å². The molecule has 4 heteroatoms. The molecule has 0 bridgehead atoms. The minimum atomic E-state index is -1.42. The fraction of sp³-hybridized carbons (Fsp3) is 0.136. The summed E-state index contributed by atoms with van der Waals surface area (Å²) in [5.41, 5.74) is 3.12. The van der Waals surface area contributed by atoms with Crippen LogP contribution >= 0.6 is 11.8 Å². The first-order valence-electron chi connectivity index (χ1n) is 8.36. The van der Waals surface area contributed by atoms with Gasteiger partial charge in [-0.3, -0.25) is 0 Å². The van der Waals surface area contributed by atoms with Crippen LogP contribution in [0.3, 0.4) is 0 Å². The Morgan fingerprint density at radius 3 is 1.42 bits per heavy atom. The van der Waals surface area contributed by atoms with Crippen LogP contribution in [-0.4, -0.2) is 28.0 Å². The molecule has 0 fully saturated rings. The number of benzene rings is 3. The van der Waals surface area contributed by atoms with Crippen molar-refractivity contribution in [3.63, 3.8) is 0 Å². The van der Waals surface area contributed by atoms with Crippen molar-refractivity contribution in [2.45, 2.75) is 10.9 Å². The maximum absolute atomic E-state index is 11.2. The first-order valence-corrected chi connectivity index (χ1v) is 9.34. The molecule has 3 aromatic carbocycles. The van der Waals surface area contributed by atoms with Crippen LogP contribution in [0.4, 0.5) is 0 Å². The zero-order chi connectivity index (χ0) is 18.4. The van der Waals surface area contributed by atoms with Gasteiger partial charge in [0.25, 0.3) is 0 Å². The van der Waals surface area contributed by atoms with E-state index in [2.05, 4.69) is 0 Å². The van der Waals surface area contributed by atoms with Crippen molar-refractivity contribution < 1.29 is 15.0 Å². The number of thioether (sulfide) groups is 1. The number of aliphatic hydroxyl groups excluding tert-OH is 1. The van der Waals surface area contributed by atoms with E-state index in [0.29, 0.717) is 0 Å². The summed E-state index contributed by atoms with van der Waals surface area (Å²) in [6.07, 6.45) is -1.42. The normalized spacial score (nSPS) is 12.5. The molecule has 0 spiro atoms. The summed E-state index contributed by atoms with van der Waals surface area (Å²) < 4.78 is -0.611. The lowest BCUT2D eigenvalue weighted by atomic mass is 9.84. The molecule has 0 aliphatic rings. The van der Waals surface area contributed by atoms with Crippen molar-refractivity contribution in [1.82, 2.24) is 0 Å². The zero-order valence-corrected chi connectivity index (χ0v) is 15.0. The molecule has 0 radical (unpaired) electrons. The molecule has 0 heterocycles. The van der Waals surface area contributed by atoms with Gasteiger partial charge >= 0.3 is 5.97 Å². The van der Waals surface area contributed by atoms with Crippen molar-refractivity contribution in [3.05, 3.63) is 108 Å². The molecule has 3 aromatic rings. The Kier molecular flexibility index (Phi) is 5.76. The predicted molar refractivity (Wildman–Crippen MR) is 105 cm³/mol. The molecule has 3 nitrogen and oxygen atoms in total. The molecule has 2 N–H and O–H groups in total. The number of carboxylic acids is 1. The quantitative estimate of drug-likeness (QED) is 0.618. The molecule has 132 valence electrons. The molecular weight excluding hydrogens is 344 g/mol. The van der Waals surface area contributed by atoms with Gasteiger partial charge in [0.05, 0.1) is 4.75 Å². The summed E-state index contributed by atoms with van der Waals surface area (Å²) >= 11 is 1.43. The van der Waals surface area contributed by atoms with Gasteiger partial charge in [0.2, 0.25) is 0 Å². The van der Waals surface area contributed by atoms with Crippen LogP contribution in [-0.2, 0) is 9.54 Å². The van der Waals surface area contributed by atoms with Gasteiger partial charge in [-0.15, -0.1) is 11.8 Å². The third-order valence-corrected chi connectivity index (χ3v) is 5.91. The Morgan fingerprint density at radius 2 is 1.12 bits per heavy atom. The zero-order valence-electron chi connectivity index (χ0n) is 14.2. The van der Waals surface area contributed by atoms with Gasteiger partial charge < -0.3 is 10.2 Å². The van der Waals surface area contributed by atoms with E-state index in [9.17, 15) is 9.90 Å². The first kappa shape index (κ1) is 18.2. The van der Waals surface area contributed by atoms with Crippen molar-refractivity contribution in [3.8, 4) is 0 Å². The van der Waals surface area contributed by atoms with Crippen LogP contribution in [0, 0.1) is 0 Å². The molecule has 0 amide bonds. The highest BCUT2D eigenvalue weighted by atomic mass is 32.2. The number of hydrogen-bond donors (Lipinski definition) is 2. The third-order valence-electron chi connectivity index (χ3n) is 4.28. The van der Waals surface area contributed by atoms with Crippen molar-refractivity contribution in [1.29, 1.82) is 0 Å².